The molecule has 2 aromatic heterocycles. The summed E-state index contributed by atoms with van der Waals surface area (Å²) in [7, 11) is 0. The fourth-order valence-electron chi connectivity index (χ4n) is 5.19. The summed E-state index contributed by atoms with van der Waals surface area (Å²) in [6.07, 6.45) is 3.10. The fourth-order valence-corrected chi connectivity index (χ4v) is 5.19. The van der Waals surface area contributed by atoms with Gasteiger partial charge in [0.15, 0.2) is 0 Å². The van der Waals surface area contributed by atoms with Crippen molar-refractivity contribution in [3.8, 4) is 0 Å². The van der Waals surface area contributed by atoms with E-state index < -0.39 is 0 Å². The zero-order valence-electron chi connectivity index (χ0n) is 14.0. The molecule has 2 saturated heterocycles. The van der Waals surface area contributed by atoms with Crippen molar-refractivity contribution < 1.29 is 4.42 Å². The Labute approximate surface area is 136 Å². The third-order valence-corrected chi connectivity index (χ3v) is 6.33. The monoisotopic (exact) mass is 306 g/mol. The minimum Gasteiger partial charge on any atom is -0.437 e. The largest absolute Gasteiger partial charge is 0.437 e. The summed E-state index contributed by atoms with van der Waals surface area (Å²) < 4.78 is 6.25. The second-order valence-electron chi connectivity index (χ2n) is 7.72. The van der Waals surface area contributed by atoms with Gasteiger partial charge in [-0.25, -0.2) is 4.98 Å². The van der Waals surface area contributed by atoms with Crippen molar-refractivity contribution in [1.82, 2.24) is 9.88 Å². The van der Waals surface area contributed by atoms with Gasteiger partial charge >= 0.3 is 0 Å². The van der Waals surface area contributed by atoms with E-state index in [9.17, 15) is 0 Å². The lowest BCUT2D eigenvalue weighted by Crippen LogP contribution is -2.35. The van der Waals surface area contributed by atoms with E-state index in [1.54, 1.807) is 0 Å². The lowest BCUT2D eigenvalue weighted by atomic mass is 9.69. The highest BCUT2D eigenvalue weighted by molar-refractivity contribution is 6.05. The van der Waals surface area contributed by atoms with Gasteiger partial charge in [0.25, 0.3) is 0 Å². The lowest BCUT2D eigenvalue weighted by Gasteiger charge is -2.36. The SMILES string of the molecule is Cc1ccc2c(oc3ncccc32)c1C1[C@@H](C)N2CCC1(C)C2. The first-order valence-corrected chi connectivity index (χ1v) is 8.59. The van der Waals surface area contributed by atoms with Crippen molar-refractivity contribution >= 4 is 22.1 Å². The van der Waals surface area contributed by atoms with Gasteiger partial charge in [-0.05, 0) is 49.9 Å². The number of piperidine rings is 1. The Morgan fingerprint density at radius 3 is 2.91 bits per heavy atom. The Kier molecular flexibility index (Phi) is 2.57. The molecule has 0 aliphatic carbocycles. The van der Waals surface area contributed by atoms with E-state index in [2.05, 4.69) is 48.9 Å². The summed E-state index contributed by atoms with van der Waals surface area (Å²) in [6, 6.07) is 9.14. The Bertz CT molecular complexity index is 928. The molecular formula is C20H22N2O. The van der Waals surface area contributed by atoms with Crippen LogP contribution < -0.4 is 0 Å². The molecule has 2 fully saturated rings. The zero-order valence-corrected chi connectivity index (χ0v) is 14.0. The zero-order chi connectivity index (χ0) is 15.8. The van der Waals surface area contributed by atoms with Gasteiger partial charge in [-0.15, -0.1) is 0 Å². The molecule has 0 spiro atoms. The van der Waals surface area contributed by atoms with Crippen LogP contribution in [-0.4, -0.2) is 29.0 Å². The summed E-state index contributed by atoms with van der Waals surface area (Å²) in [4.78, 5) is 7.07. The highest BCUT2D eigenvalue weighted by atomic mass is 16.3. The van der Waals surface area contributed by atoms with Crippen LogP contribution in [0.4, 0.5) is 0 Å². The number of hydrogen-bond donors (Lipinski definition) is 0. The highest BCUT2D eigenvalue weighted by Crippen LogP contribution is 2.55. The van der Waals surface area contributed by atoms with Crippen LogP contribution in [0.1, 0.15) is 37.3 Å². The smallest absolute Gasteiger partial charge is 0.227 e. The molecule has 0 amide bonds. The van der Waals surface area contributed by atoms with E-state index >= 15 is 0 Å². The van der Waals surface area contributed by atoms with Crippen molar-refractivity contribution in [1.29, 1.82) is 0 Å². The molecule has 5 rings (SSSR count). The van der Waals surface area contributed by atoms with Crippen LogP contribution in [0.5, 0.6) is 0 Å². The van der Waals surface area contributed by atoms with Gasteiger partial charge in [-0.2, -0.15) is 0 Å². The molecule has 2 bridgehead atoms. The number of fused-ring (bicyclic) bond motifs is 5. The van der Waals surface area contributed by atoms with Gasteiger partial charge in [0, 0.05) is 41.0 Å². The molecule has 23 heavy (non-hydrogen) atoms. The van der Waals surface area contributed by atoms with Crippen molar-refractivity contribution in [3.63, 3.8) is 0 Å². The molecule has 0 radical (unpaired) electrons. The lowest BCUT2D eigenvalue weighted by molar-refractivity contribution is 0.227. The number of furan rings is 1. The van der Waals surface area contributed by atoms with Crippen LogP contribution in [0.25, 0.3) is 22.1 Å². The van der Waals surface area contributed by atoms with Crippen LogP contribution >= 0.6 is 0 Å². The van der Waals surface area contributed by atoms with E-state index in [1.807, 2.05) is 12.3 Å². The first kappa shape index (κ1) is 13.6. The molecule has 0 N–H and O–H groups in total. The quantitative estimate of drug-likeness (QED) is 0.663. The summed E-state index contributed by atoms with van der Waals surface area (Å²) >= 11 is 0. The van der Waals surface area contributed by atoms with Crippen LogP contribution in [-0.2, 0) is 0 Å². The van der Waals surface area contributed by atoms with Gasteiger partial charge in [0.2, 0.25) is 5.71 Å². The average molecular weight is 306 g/mol. The van der Waals surface area contributed by atoms with Crippen LogP contribution in [0.3, 0.4) is 0 Å². The van der Waals surface area contributed by atoms with Crippen LogP contribution in [0.15, 0.2) is 34.9 Å². The number of aryl methyl sites for hydroxylation is 1. The Morgan fingerprint density at radius 2 is 2.13 bits per heavy atom. The van der Waals surface area contributed by atoms with Gasteiger partial charge < -0.3 is 4.42 Å². The topological polar surface area (TPSA) is 29.3 Å². The maximum absolute atomic E-state index is 6.25. The van der Waals surface area contributed by atoms with E-state index in [-0.39, 0.29) is 0 Å². The van der Waals surface area contributed by atoms with Crippen molar-refractivity contribution in [2.24, 2.45) is 5.41 Å². The van der Waals surface area contributed by atoms with Crippen molar-refractivity contribution in [2.75, 3.05) is 13.1 Å². The molecule has 3 heteroatoms. The summed E-state index contributed by atoms with van der Waals surface area (Å²) in [5.41, 5.74) is 4.95. The summed E-state index contributed by atoms with van der Waals surface area (Å²) in [6.45, 7) is 9.53. The number of rotatable bonds is 1. The number of benzene rings is 1. The Morgan fingerprint density at radius 1 is 1.26 bits per heavy atom. The van der Waals surface area contributed by atoms with E-state index in [0.29, 0.717) is 17.4 Å². The predicted molar refractivity (Wildman–Crippen MR) is 92.8 cm³/mol. The number of nitrogens with zero attached hydrogens (tertiary/aromatic N) is 2. The second kappa shape index (κ2) is 4.35. The second-order valence-corrected chi connectivity index (χ2v) is 7.72. The molecule has 0 saturated carbocycles. The summed E-state index contributed by atoms with van der Waals surface area (Å²) in [5, 5.41) is 2.34. The normalized spacial score (nSPS) is 33.1. The third-order valence-electron chi connectivity index (χ3n) is 6.33. The molecule has 3 unspecified atom stereocenters. The minimum absolute atomic E-state index is 0.366. The molecule has 4 heterocycles. The number of pyridine rings is 1. The fraction of sp³-hybridized carbons (Fsp3) is 0.450. The van der Waals surface area contributed by atoms with Gasteiger partial charge in [-0.3, -0.25) is 4.90 Å². The van der Waals surface area contributed by atoms with E-state index in [1.165, 1.54) is 36.0 Å². The minimum atomic E-state index is 0.366. The van der Waals surface area contributed by atoms with Gasteiger partial charge in [-0.1, -0.05) is 19.1 Å². The van der Waals surface area contributed by atoms with Crippen molar-refractivity contribution in [2.45, 2.75) is 39.2 Å². The average Bonchev–Trinajstić information content (AvgIpc) is 3.17. The molecule has 2 aliphatic heterocycles. The first-order valence-electron chi connectivity index (χ1n) is 8.59. The Hall–Kier alpha value is -1.87. The van der Waals surface area contributed by atoms with E-state index in [4.69, 9.17) is 4.42 Å². The molecule has 1 aromatic carbocycles. The number of aromatic nitrogens is 1. The standard InChI is InChI=1S/C20H22N2O/c1-12-6-7-14-15-5-4-9-21-19(15)23-18(14)16(12)17-13(2)22-10-8-20(17,3)11-22/h4-7,9,13,17H,8,10-11H2,1-3H3/t13-,17?,20?/m1/s1. The van der Waals surface area contributed by atoms with Gasteiger partial charge in [0.1, 0.15) is 5.58 Å². The van der Waals surface area contributed by atoms with Crippen molar-refractivity contribution in [3.05, 3.63) is 41.6 Å². The summed E-state index contributed by atoms with van der Waals surface area (Å²) in [5.74, 6) is 0.542. The van der Waals surface area contributed by atoms with E-state index in [0.717, 1.165) is 16.7 Å². The van der Waals surface area contributed by atoms with Crippen LogP contribution in [0.2, 0.25) is 0 Å². The number of hydrogen-bond acceptors (Lipinski definition) is 3. The predicted octanol–water partition coefficient (Wildman–Crippen LogP) is 4.49. The maximum atomic E-state index is 6.25. The maximum Gasteiger partial charge on any atom is 0.227 e. The third kappa shape index (κ3) is 1.66. The molecule has 118 valence electrons. The molecule has 4 atom stereocenters. The molecular weight excluding hydrogens is 284 g/mol. The Balaban J connectivity index is 1.83. The molecule has 3 nitrogen and oxygen atoms in total. The highest BCUT2D eigenvalue weighted by Gasteiger charge is 2.53. The molecule has 3 aromatic rings. The van der Waals surface area contributed by atoms with Crippen LogP contribution in [0, 0.1) is 12.3 Å². The molecule has 2 aliphatic rings. The van der Waals surface area contributed by atoms with Gasteiger partial charge in [0.05, 0.1) is 0 Å². The first-order chi connectivity index (χ1) is 11.1.